The molecule has 0 aliphatic carbocycles. The van der Waals surface area contributed by atoms with Gasteiger partial charge in [0.15, 0.2) is 0 Å². The maximum absolute atomic E-state index is 9.78. The van der Waals surface area contributed by atoms with Gasteiger partial charge in [0.25, 0.3) is 0 Å². The smallest absolute Gasteiger partial charge is 0.0619 e. The van der Waals surface area contributed by atoms with Gasteiger partial charge in [-0.05, 0) is 19.8 Å². The summed E-state index contributed by atoms with van der Waals surface area (Å²) < 4.78 is 0. The van der Waals surface area contributed by atoms with E-state index >= 15 is 0 Å². The molecule has 0 heterocycles. The second-order valence-electron chi connectivity index (χ2n) is 5.68. The van der Waals surface area contributed by atoms with Crippen molar-refractivity contribution in [2.24, 2.45) is 0 Å². The zero-order valence-electron chi connectivity index (χ0n) is 12.1. The summed E-state index contributed by atoms with van der Waals surface area (Å²) in [5.74, 6) is 0. The molecular weight excluding hydrogens is 208 g/mol. The normalized spacial score (nSPS) is 14.8. The Morgan fingerprint density at radius 3 is 1.65 bits per heavy atom. The predicted octanol–water partition coefficient (Wildman–Crippen LogP) is 5.27. The van der Waals surface area contributed by atoms with E-state index in [0.29, 0.717) is 6.42 Å². The minimum absolute atomic E-state index is 0.528. The highest BCUT2D eigenvalue weighted by molar-refractivity contribution is 4.72. The average Bonchev–Trinajstić information content (AvgIpc) is 2.31. The molecule has 1 unspecified atom stereocenters. The van der Waals surface area contributed by atoms with Crippen LogP contribution in [0, 0.1) is 6.92 Å². The molecule has 0 aromatic rings. The van der Waals surface area contributed by atoms with E-state index in [1.165, 1.54) is 57.8 Å². The van der Waals surface area contributed by atoms with Crippen molar-refractivity contribution in [3.8, 4) is 0 Å². The monoisotopic (exact) mass is 241 g/mol. The number of hydrogen-bond acceptors (Lipinski definition) is 1. The molecular formula is C16H33O. The molecule has 0 aromatic carbocycles. The Labute approximate surface area is 109 Å². The first-order valence-corrected chi connectivity index (χ1v) is 7.64. The Balaban J connectivity index is 3.09. The fourth-order valence-corrected chi connectivity index (χ4v) is 2.12. The minimum Gasteiger partial charge on any atom is -0.390 e. The first-order chi connectivity index (χ1) is 8.12. The zero-order valence-corrected chi connectivity index (χ0v) is 12.1. The van der Waals surface area contributed by atoms with Crippen LogP contribution in [0.4, 0.5) is 0 Å². The first kappa shape index (κ1) is 17.0. The van der Waals surface area contributed by atoms with Gasteiger partial charge in [0, 0.05) is 0 Å². The number of rotatable bonds is 12. The van der Waals surface area contributed by atoms with E-state index in [0.717, 1.165) is 12.8 Å². The van der Waals surface area contributed by atoms with Gasteiger partial charge in [-0.15, -0.1) is 0 Å². The average molecular weight is 241 g/mol. The standard InChI is InChI=1S/C16H33O/c1-4-6-7-8-9-10-11-12-13-14-15-16(3,17)5-2/h17H,2,4-15H2,1,3H3. The Kier molecular flexibility index (Phi) is 11.0. The van der Waals surface area contributed by atoms with Gasteiger partial charge in [0.1, 0.15) is 0 Å². The molecule has 1 radical (unpaired) electrons. The molecule has 1 nitrogen and oxygen atoms in total. The molecule has 1 atom stereocenters. The van der Waals surface area contributed by atoms with Crippen LogP contribution in [-0.2, 0) is 0 Å². The Morgan fingerprint density at radius 1 is 0.824 bits per heavy atom. The third kappa shape index (κ3) is 12.2. The zero-order chi connectivity index (χ0) is 13.0. The Morgan fingerprint density at radius 2 is 1.24 bits per heavy atom. The van der Waals surface area contributed by atoms with Crippen molar-refractivity contribution in [1.82, 2.24) is 0 Å². The van der Waals surface area contributed by atoms with Gasteiger partial charge in [-0.1, -0.05) is 78.1 Å². The van der Waals surface area contributed by atoms with E-state index in [4.69, 9.17) is 0 Å². The van der Waals surface area contributed by atoms with E-state index in [1.54, 1.807) is 0 Å². The maximum atomic E-state index is 9.78. The lowest BCUT2D eigenvalue weighted by molar-refractivity contribution is 0.0505. The third-order valence-electron chi connectivity index (χ3n) is 3.61. The molecule has 0 aliphatic rings. The van der Waals surface area contributed by atoms with Gasteiger partial charge >= 0.3 is 0 Å². The lowest BCUT2D eigenvalue weighted by Crippen LogP contribution is -2.22. The van der Waals surface area contributed by atoms with Crippen LogP contribution in [0.1, 0.15) is 90.9 Å². The number of hydrogen-bond donors (Lipinski definition) is 1. The Hall–Kier alpha value is -0.0400. The molecule has 0 saturated heterocycles. The van der Waals surface area contributed by atoms with Crippen molar-refractivity contribution in [3.05, 3.63) is 6.92 Å². The van der Waals surface area contributed by atoms with Crippen molar-refractivity contribution in [1.29, 1.82) is 0 Å². The topological polar surface area (TPSA) is 20.2 Å². The molecule has 1 heteroatoms. The molecule has 0 amide bonds. The molecule has 1 N–H and O–H groups in total. The van der Waals surface area contributed by atoms with Gasteiger partial charge in [0.05, 0.1) is 5.60 Å². The summed E-state index contributed by atoms with van der Waals surface area (Å²) in [7, 11) is 0. The molecule has 0 spiro atoms. The van der Waals surface area contributed by atoms with E-state index < -0.39 is 5.60 Å². The van der Waals surface area contributed by atoms with Crippen LogP contribution in [0.15, 0.2) is 0 Å². The van der Waals surface area contributed by atoms with Gasteiger partial charge in [0.2, 0.25) is 0 Å². The second kappa shape index (κ2) is 11.1. The molecule has 0 saturated carbocycles. The summed E-state index contributed by atoms with van der Waals surface area (Å²) in [6, 6.07) is 0. The lowest BCUT2D eigenvalue weighted by Gasteiger charge is -2.20. The fraction of sp³-hybridized carbons (Fsp3) is 0.938. The fourth-order valence-electron chi connectivity index (χ4n) is 2.12. The maximum Gasteiger partial charge on any atom is 0.0619 e. The summed E-state index contributed by atoms with van der Waals surface area (Å²) in [6.45, 7) is 7.93. The van der Waals surface area contributed by atoms with Gasteiger partial charge < -0.3 is 5.11 Å². The molecule has 0 bridgehead atoms. The quantitative estimate of drug-likeness (QED) is 0.461. The van der Waals surface area contributed by atoms with Crippen LogP contribution in [0.5, 0.6) is 0 Å². The van der Waals surface area contributed by atoms with Crippen LogP contribution in [0.25, 0.3) is 0 Å². The van der Waals surface area contributed by atoms with Crippen molar-refractivity contribution in [2.75, 3.05) is 0 Å². The van der Waals surface area contributed by atoms with E-state index in [1.807, 2.05) is 6.92 Å². The summed E-state index contributed by atoms with van der Waals surface area (Å²) in [4.78, 5) is 0. The van der Waals surface area contributed by atoms with Gasteiger partial charge in [-0.2, -0.15) is 0 Å². The highest BCUT2D eigenvalue weighted by Gasteiger charge is 2.15. The number of aliphatic hydroxyl groups is 1. The first-order valence-electron chi connectivity index (χ1n) is 7.64. The molecule has 0 aliphatic heterocycles. The summed E-state index contributed by atoms with van der Waals surface area (Å²) in [6.07, 6.45) is 15.1. The van der Waals surface area contributed by atoms with E-state index in [-0.39, 0.29) is 0 Å². The third-order valence-corrected chi connectivity index (χ3v) is 3.61. The molecule has 0 rings (SSSR count). The van der Waals surface area contributed by atoms with E-state index in [9.17, 15) is 5.11 Å². The van der Waals surface area contributed by atoms with Crippen LogP contribution >= 0.6 is 0 Å². The van der Waals surface area contributed by atoms with Gasteiger partial charge in [-0.3, -0.25) is 0 Å². The van der Waals surface area contributed by atoms with Crippen LogP contribution in [0.2, 0.25) is 0 Å². The minimum atomic E-state index is -0.528. The number of unbranched alkanes of at least 4 members (excludes halogenated alkanes) is 9. The molecule has 103 valence electrons. The van der Waals surface area contributed by atoms with Crippen LogP contribution < -0.4 is 0 Å². The Bertz CT molecular complexity index is 152. The largest absolute Gasteiger partial charge is 0.390 e. The molecule has 0 fully saturated rings. The predicted molar refractivity (Wildman–Crippen MR) is 77.1 cm³/mol. The van der Waals surface area contributed by atoms with Crippen LogP contribution in [-0.4, -0.2) is 10.7 Å². The molecule has 0 aromatic heterocycles. The van der Waals surface area contributed by atoms with Crippen LogP contribution in [0.3, 0.4) is 0 Å². The van der Waals surface area contributed by atoms with Crippen molar-refractivity contribution in [2.45, 2.75) is 96.5 Å². The summed E-state index contributed by atoms with van der Waals surface area (Å²) >= 11 is 0. The highest BCUT2D eigenvalue weighted by Crippen LogP contribution is 2.18. The highest BCUT2D eigenvalue weighted by atomic mass is 16.3. The molecule has 17 heavy (non-hydrogen) atoms. The second-order valence-corrected chi connectivity index (χ2v) is 5.68. The SMILES string of the molecule is [CH2]CC(C)(O)CCCCCCCCCCCC. The van der Waals surface area contributed by atoms with Gasteiger partial charge in [-0.25, -0.2) is 0 Å². The van der Waals surface area contributed by atoms with Crippen molar-refractivity contribution in [3.63, 3.8) is 0 Å². The van der Waals surface area contributed by atoms with E-state index in [2.05, 4.69) is 13.8 Å². The van der Waals surface area contributed by atoms with Crippen molar-refractivity contribution < 1.29 is 5.11 Å². The summed E-state index contributed by atoms with van der Waals surface area (Å²) in [5.41, 5.74) is -0.528. The van der Waals surface area contributed by atoms with Crippen molar-refractivity contribution >= 4 is 0 Å². The lowest BCUT2D eigenvalue weighted by atomic mass is 9.95. The summed E-state index contributed by atoms with van der Waals surface area (Å²) in [5, 5.41) is 9.78.